The molecule has 0 saturated carbocycles. The molecule has 1 atom stereocenters. The fourth-order valence-corrected chi connectivity index (χ4v) is 3.02. The lowest BCUT2D eigenvalue weighted by Crippen LogP contribution is -2.47. The standard InChI is InChI=1S/C19H24N2O2/c1-23-18-9-5-8-17(14-18)21-12-10-20(11-13-21)15-19(22)16-6-3-2-4-7-16/h2-9,14,19,22H,10-13,15H2,1H3/t19-/m0/s1. The van der Waals surface area contributed by atoms with Crippen LogP contribution in [0.3, 0.4) is 0 Å². The van der Waals surface area contributed by atoms with Gasteiger partial charge in [0.25, 0.3) is 0 Å². The van der Waals surface area contributed by atoms with E-state index in [4.69, 9.17) is 4.74 Å². The number of methoxy groups -OCH3 is 1. The first-order chi connectivity index (χ1) is 11.3. The van der Waals surface area contributed by atoms with Gasteiger partial charge in [0.15, 0.2) is 0 Å². The molecule has 3 rings (SSSR count). The van der Waals surface area contributed by atoms with Crippen LogP contribution in [0.4, 0.5) is 5.69 Å². The topological polar surface area (TPSA) is 35.9 Å². The Balaban J connectivity index is 1.54. The van der Waals surface area contributed by atoms with Crippen molar-refractivity contribution < 1.29 is 9.84 Å². The number of hydrogen-bond donors (Lipinski definition) is 1. The van der Waals surface area contributed by atoms with E-state index in [0.717, 1.165) is 37.5 Å². The predicted molar refractivity (Wildman–Crippen MR) is 93.0 cm³/mol. The minimum Gasteiger partial charge on any atom is -0.497 e. The molecule has 0 amide bonds. The number of hydrogen-bond acceptors (Lipinski definition) is 4. The van der Waals surface area contributed by atoms with Gasteiger partial charge in [0.1, 0.15) is 5.75 Å². The van der Waals surface area contributed by atoms with Crippen molar-refractivity contribution in [2.24, 2.45) is 0 Å². The Morgan fingerprint density at radius 3 is 2.43 bits per heavy atom. The van der Waals surface area contributed by atoms with Crippen LogP contribution < -0.4 is 9.64 Å². The molecule has 122 valence electrons. The summed E-state index contributed by atoms with van der Waals surface area (Å²) < 4.78 is 5.30. The smallest absolute Gasteiger partial charge is 0.120 e. The fourth-order valence-electron chi connectivity index (χ4n) is 3.02. The number of anilines is 1. The minimum atomic E-state index is -0.417. The maximum absolute atomic E-state index is 10.4. The van der Waals surface area contributed by atoms with E-state index in [1.54, 1.807) is 7.11 Å². The molecule has 0 bridgehead atoms. The molecule has 23 heavy (non-hydrogen) atoms. The summed E-state index contributed by atoms with van der Waals surface area (Å²) >= 11 is 0. The van der Waals surface area contributed by atoms with Gasteiger partial charge in [-0.15, -0.1) is 0 Å². The van der Waals surface area contributed by atoms with E-state index in [-0.39, 0.29) is 0 Å². The first-order valence-electron chi connectivity index (χ1n) is 8.10. The largest absolute Gasteiger partial charge is 0.497 e. The summed E-state index contributed by atoms with van der Waals surface area (Å²) in [5.41, 5.74) is 2.19. The van der Waals surface area contributed by atoms with E-state index in [1.807, 2.05) is 42.5 Å². The highest BCUT2D eigenvalue weighted by Crippen LogP contribution is 2.22. The summed E-state index contributed by atoms with van der Waals surface area (Å²) in [6, 6.07) is 18.1. The molecule has 0 aromatic heterocycles. The van der Waals surface area contributed by atoms with Crippen LogP contribution in [-0.2, 0) is 0 Å². The van der Waals surface area contributed by atoms with E-state index < -0.39 is 6.10 Å². The van der Waals surface area contributed by atoms with E-state index in [0.29, 0.717) is 6.54 Å². The molecule has 0 spiro atoms. The number of benzene rings is 2. The minimum absolute atomic E-state index is 0.417. The Labute approximate surface area is 137 Å². The van der Waals surface area contributed by atoms with Crippen molar-refractivity contribution >= 4 is 5.69 Å². The van der Waals surface area contributed by atoms with Crippen LogP contribution in [-0.4, -0.2) is 49.8 Å². The molecule has 0 unspecified atom stereocenters. The van der Waals surface area contributed by atoms with E-state index in [2.05, 4.69) is 21.9 Å². The summed E-state index contributed by atoms with van der Waals surface area (Å²) in [4.78, 5) is 4.70. The molecule has 1 saturated heterocycles. The second-order valence-corrected chi connectivity index (χ2v) is 5.92. The molecular formula is C19H24N2O2. The predicted octanol–water partition coefficient (Wildman–Crippen LogP) is 2.55. The van der Waals surface area contributed by atoms with Gasteiger partial charge in [-0.2, -0.15) is 0 Å². The normalized spacial score (nSPS) is 17.0. The Kier molecular flexibility index (Phi) is 5.16. The number of β-amino-alcohol motifs (C(OH)–C–C–N with tert-alkyl or cyclic N) is 1. The van der Waals surface area contributed by atoms with Crippen LogP contribution in [0.2, 0.25) is 0 Å². The van der Waals surface area contributed by atoms with E-state index in [9.17, 15) is 5.11 Å². The number of ether oxygens (including phenoxy) is 1. The summed E-state index contributed by atoms with van der Waals surface area (Å²) in [5.74, 6) is 0.893. The average Bonchev–Trinajstić information content (AvgIpc) is 2.63. The highest BCUT2D eigenvalue weighted by atomic mass is 16.5. The summed E-state index contributed by atoms with van der Waals surface area (Å²) in [6.07, 6.45) is -0.417. The maximum Gasteiger partial charge on any atom is 0.120 e. The first-order valence-corrected chi connectivity index (χ1v) is 8.10. The van der Waals surface area contributed by atoms with E-state index >= 15 is 0 Å². The third kappa shape index (κ3) is 4.03. The zero-order valence-corrected chi connectivity index (χ0v) is 13.6. The quantitative estimate of drug-likeness (QED) is 0.920. The van der Waals surface area contributed by atoms with Gasteiger partial charge in [-0.05, 0) is 17.7 Å². The van der Waals surface area contributed by atoms with Crippen LogP contribution >= 0.6 is 0 Å². The number of rotatable bonds is 5. The van der Waals surface area contributed by atoms with Gasteiger partial charge in [0.2, 0.25) is 0 Å². The van der Waals surface area contributed by atoms with E-state index in [1.165, 1.54) is 5.69 Å². The van der Waals surface area contributed by atoms with Crippen molar-refractivity contribution in [1.82, 2.24) is 4.90 Å². The average molecular weight is 312 g/mol. The van der Waals surface area contributed by atoms with Gasteiger partial charge >= 0.3 is 0 Å². The third-order valence-electron chi connectivity index (χ3n) is 4.41. The summed E-state index contributed by atoms with van der Waals surface area (Å²) in [5, 5.41) is 10.4. The lowest BCUT2D eigenvalue weighted by Gasteiger charge is -2.37. The van der Waals surface area contributed by atoms with Crippen molar-refractivity contribution in [1.29, 1.82) is 0 Å². The second-order valence-electron chi connectivity index (χ2n) is 5.92. The molecule has 4 heteroatoms. The monoisotopic (exact) mass is 312 g/mol. The van der Waals surface area contributed by atoms with Crippen molar-refractivity contribution in [3.8, 4) is 5.75 Å². The van der Waals surface area contributed by atoms with Crippen molar-refractivity contribution in [3.05, 3.63) is 60.2 Å². The number of aliphatic hydroxyl groups excluding tert-OH is 1. The zero-order chi connectivity index (χ0) is 16.1. The lowest BCUT2D eigenvalue weighted by atomic mass is 10.1. The van der Waals surface area contributed by atoms with Crippen LogP contribution in [0.25, 0.3) is 0 Å². The Morgan fingerprint density at radius 1 is 1.00 bits per heavy atom. The van der Waals surface area contributed by atoms with Crippen molar-refractivity contribution in [2.75, 3.05) is 44.7 Å². The van der Waals surface area contributed by atoms with Gasteiger partial charge in [0, 0.05) is 44.5 Å². The molecule has 1 heterocycles. The molecule has 1 N–H and O–H groups in total. The molecule has 0 radical (unpaired) electrons. The molecule has 2 aromatic carbocycles. The molecule has 4 nitrogen and oxygen atoms in total. The van der Waals surface area contributed by atoms with Gasteiger partial charge in [-0.25, -0.2) is 0 Å². The van der Waals surface area contributed by atoms with Gasteiger partial charge < -0.3 is 14.7 Å². The summed E-state index contributed by atoms with van der Waals surface area (Å²) in [6.45, 7) is 4.54. The Hall–Kier alpha value is -2.04. The van der Waals surface area contributed by atoms with Gasteiger partial charge in [0.05, 0.1) is 13.2 Å². The second kappa shape index (κ2) is 7.49. The molecule has 2 aromatic rings. The van der Waals surface area contributed by atoms with Crippen LogP contribution in [0.15, 0.2) is 54.6 Å². The van der Waals surface area contributed by atoms with Gasteiger partial charge in [-0.1, -0.05) is 36.4 Å². The van der Waals surface area contributed by atoms with Crippen molar-refractivity contribution in [2.45, 2.75) is 6.10 Å². The molecule has 1 aliphatic heterocycles. The molecule has 1 aliphatic rings. The SMILES string of the molecule is COc1cccc(N2CCN(C[C@H](O)c3ccccc3)CC2)c1. The molecular weight excluding hydrogens is 288 g/mol. The lowest BCUT2D eigenvalue weighted by molar-refractivity contribution is 0.109. The number of piperazine rings is 1. The van der Waals surface area contributed by atoms with Crippen LogP contribution in [0, 0.1) is 0 Å². The molecule has 1 fully saturated rings. The Bertz CT molecular complexity index is 610. The fraction of sp³-hybridized carbons (Fsp3) is 0.368. The maximum atomic E-state index is 10.4. The third-order valence-corrected chi connectivity index (χ3v) is 4.41. The first kappa shape index (κ1) is 15.8. The van der Waals surface area contributed by atoms with Crippen LogP contribution in [0.5, 0.6) is 5.75 Å². The number of nitrogens with zero attached hydrogens (tertiary/aromatic N) is 2. The van der Waals surface area contributed by atoms with Gasteiger partial charge in [-0.3, -0.25) is 4.90 Å². The summed E-state index contributed by atoms with van der Waals surface area (Å²) in [7, 11) is 1.70. The molecule has 0 aliphatic carbocycles. The highest BCUT2D eigenvalue weighted by Gasteiger charge is 2.20. The van der Waals surface area contributed by atoms with Crippen molar-refractivity contribution in [3.63, 3.8) is 0 Å². The number of aliphatic hydroxyl groups is 1. The van der Waals surface area contributed by atoms with Crippen LogP contribution in [0.1, 0.15) is 11.7 Å². The zero-order valence-electron chi connectivity index (χ0n) is 13.6. The highest BCUT2D eigenvalue weighted by molar-refractivity contribution is 5.51. The Morgan fingerprint density at radius 2 is 1.74 bits per heavy atom.